The zero-order chi connectivity index (χ0) is 23.7. The molecule has 0 unspecified atom stereocenters. The summed E-state index contributed by atoms with van der Waals surface area (Å²) in [5, 5.41) is 5.14. The van der Waals surface area contributed by atoms with Crippen LogP contribution >= 0.6 is 0 Å². The van der Waals surface area contributed by atoms with E-state index in [0.29, 0.717) is 17.0 Å². The van der Waals surface area contributed by atoms with Gasteiger partial charge < -0.3 is 10.1 Å². The van der Waals surface area contributed by atoms with Gasteiger partial charge in [0.15, 0.2) is 0 Å². The molecule has 0 atom stereocenters. The fourth-order valence-corrected chi connectivity index (χ4v) is 4.10. The van der Waals surface area contributed by atoms with Crippen molar-refractivity contribution in [2.24, 2.45) is 0 Å². The molecule has 4 aromatic carbocycles. The number of methoxy groups -OCH3 is 1. The van der Waals surface area contributed by atoms with E-state index in [1.54, 1.807) is 19.2 Å². The first-order chi connectivity index (χ1) is 16.5. The molecule has 0 aliphatic carbocycles. The van der Waals surface area contributed by atoms with Crippen LogP contribution in [0.5, 0.6) is 5.75 Å². The van der Waals surface area contributed by atoms with Crippen molar-refractivity contribution in [3.63, 3.8) is 0 Å². The lowest BCUT2D eigenvalue weighted by Crippen LogP contribution is -2.32. The van der Waals surface area contributed by atoms with Crippen LogP contribution in [-0.4, -0.2) is 23.8 Å². The number of halogens is 1. The predicted molar refractivity (Wildman–Crippen MR) is 129 cm³/mol. The summed E-state index contributed by atoms with van der Waals surface area (Å²) in [7, 11) is 1.58. The van der Waals surface area contributed by atoms with Gasteiger partial charge in [0.25, 0.3) is 11.8 Å². The van der Waals surface area contributed by atoms with E-state index in [-0.39, 0.29) is 17.8 Å². The van der Waals surface area contributed by atoms with Crippen LogP contribution < -0.4 is 10.1 Å². The third-order valence-electron chi connectivity index (χ3n) is 5.85. The Hall–Kier alpha value is -4.45. The van der Waals surface area contributed by atoms with Gasteiger partial charge in [0.2, 0.25) is 0 Å². The maximum atomic E-state index is 13.6. The molecule has 168 valence electrons. The van der Waals surface area contributed by atoms with Crippen LogP contribution in [0.4, 0.5) is 10.1 Å². The van der Waals surface area contributed by atoms with Crippen molar-refractivity contribution in [2.45, 2.75) is 6.54 Å². The van der Waals surface area contributed by atoms with E-state index < -0.39 is 17.6 Å². The number of amides is 2. The first-order valence-electron chi connectivity index (χ1n) is 10.8. The molecule has 1 aliphatic rings. The first-order valence-corrected chi connectivity index (χ1v) is 10.8. The van der Waals surface area contributed by atoms with Gasteiger partial charge in [0.1, 0.15) is 17.3 Å². The fraction of sp³-hybridized carbons (Fsp3) is 0.0714. The number of hydrogen-bond donors (Lipinski definition) is 1. The van der Waals surface area contributed by atoms with Crippen molar-refractivity contribution >= 4 is 33.8 Å². The molecule has 4 aromatic rings. The molecule has 0 radical (unpaired) electrons. The lowest BCUT2D eigenvalue weighted by molar-refractivity contribution is -0.137. The summed E-state index contributed by atoms with van der Waals surface area (Å²) >= 11 is 0. The summed E-state index contributed by atoms with van der Waals surface area (Å²) in [6.07, 6.45) is 0. The number of benzene rings is 4. The Labute approximate surface area is 196 Å². The Balaban J connectivity index is 1.56. The van der Waals surface area contributed by atoms with E-state index >= 15 is 0 Å². The van der Waals surface area contributed by atoms with Crippen molar-refractivity contribution in [2.75, 3.05) is 12.4 Å². The molecule has 34 heavy (non-hydrogen) atoms. The average molecular weight is 452 g/mol. The van der Waals surface area contributed by atoms with Crippen molar-refractivity contribution < 1.29 is 18.7 Å². The number of carbonyl (C=O) groups is 2. The third kappa shape index (κ3) is 3.90. The number of nitrogens with zero attached hydrogens (tertiary/aromatic N) is 1. The van der Waals surface area contributed by atoms with E-state index in [9.17, 15) is 14.0 Å². The number of nitrogens with one attached hydrogen (secondary N) is 1. The van der Waals surface area contributed by atoms with Crippen LogP contribution in [-0.2, 0) is 16.1 Å². The zero-order valence-electron chi connectivity index (χ0n) is 18.4. The molecule has 1 N–H and O–H groups in total. The van der Waals surface area contributed by atoms with Gasteiger partial charge in [0.05, 0.1) is 19.2 Å². The van der Waals surface area contributed by atoms with Gasteiger partial charge in [-0.25, -0.2) is 4.39 Å². The minimum absolute atomic E-state index is 0.104. The van der Waals surface area contributed by atoms with Crippen LogP contribution in [0.1, 0.15) is 11.1 Å². The van der Waals surface area contributed by atoms with E-state index in [0.717, 1.165) is 16.3 Å². The Morgan fingerprint density at radius 3 is 2.26 bits per heavy atom. The molecule has 0 saturated heterocycles. The molecule has 0 aromatic heterocycles. The van der Waals surface area contributed by atoms with Gasteiger partial charge in [-0.1, -0.05) is 60.7 Å². The van der Waals surface area contributed by atoms with Crippen molar-refractivity contribution in [1.82, 2.24) is 4.90 Å². The average Bonchev–Trinajstić information content (AvgIpc) is 3.09. The highest BCUT2D eigenvalue weighted by molar-refractivity contribution is 6.36. The Morgan fingerprint density at radius 2 is 1.53 bits per heavy atom. The molecule has 5 nitrogen and oxygen atoms in total. The number of fused-ring (bicyclic) bond motifs is 1. The van der Waals surface area contributed by atoms with E-state index in [1.165, 1.54) is 29.2 Å². The van der Waals surface area contributed by atoms with Gasteiger partial charge >= 0.3 is 0 Å². The van der Waals surface area contributed by atoms with Crippen LogP contribution in [0.15, 0.2) is 96.7 Å². The van der Waals surface area contributed by atoms with Crippen molar-refractivity contribution in [3.8, 4) is 5.75 Å². The number of rotatable bonds is 6. The second-order valence-corrected chi connectivity index (χ2v) is 7.95. The number of hydrogen-bond acceptors (Lipinski definition) is 4. The summed E-state index contributed by atoms with van der Waals surface area (Å²) in [5.74, 6) is -0.603. The Bertz CT molecular complexity index is 1420. The SMILES string of the molecule is COc1ccc(CN2C(=O)C(Nc3cccc4ccccc34)=C(c3ccc(F)cc3)C2=O)cc1. The van der Waals surface area contributed by atoms with Gasteiger partial charge in [-0.05, 0) is 46.8 Å². The minimum atomic E-state index is -0.437. The van der Waals surface area contributed by atoms with Crippen LogP contribution in [0.3, 0.4) is 0 Å². The van der Waals surface area contributed by atoms with Gasteiger partial charge in [-0.3, -0.25) is 14.5 Å². The summed E-state index contributed by atoms with van der Waals surface area (Å²) in [5.41, 5.74) is 2.35. The second-order valence-electron chi connectivity index (χ2n) is 7.95. The molecule has 1 heterocycles. The highest BCUT2D eigenvalue weighted by Crippen LogP contribution is 2.33. The Morgan fingerprint density at radius 1 is 0.824 bits per heavy atom. The maximum absolute atomic E-state index is 13.6. The van der Waals surface area contributed by atoms with E-state index in [1.807, 2.05) is 54.6 Å². The summed E-state index contributed by atoms with van der Waals surface area (Å²) < 4.78 is 18.8. The molecule has 6 heteroatoms. The van der Waals surface area contributed by atoms with Gasteiger partial charge in [0, 0.05) is 11.1 Å². The van der Waals surface area contributed by atoms with Gasteiger partial charge in [-0.15, -0.1) is 0 Å². The standard InChI is InChI=1S/C28H21FN2O3/c1-34-22-15-9-18(10-16-22)17-31-27(32)25(20-11-13-21(29)14-12-20)26(28(31)33)30-24-8-4-6-19-5-2-3-7-23(19)24/h2-16,30H,17H2,1H3. The topological polar surface area (TPSA) is 58.6 Å². The molecule has 2 amide bonds. The van der Waals surface area contributed by atoms with E-state index in [2.05, 4.69) is 5.32 Å². The minimum Gasteiger partial charge on any atom is -0.497 e. The molecular formula is C28H21FN2O3. The molecule has 0 bridgehead atoms. The van der Waals surface area contributed by atoms with Crippen LogP contribution in [0, 0.1) is 5.82 Å². The smallest absolute Gasteiger partial charge is 0.278 e. The molecular weight excluding hydrogens is 431 g/mol. The van der Waals surface area contributed by atoms with E-state index in [4.69, 9.17) is 4.74 Å². The summed E-state index contributed by atoms with van der Waals surface area (Å²) in [6, 6.07) is 26.3. The normalized spacial score (nSPS) is 13.6. The maximum Gasteiger partial charge on any atom is 0.278 e. The van der Waals surface area contributed by atoms with Crippen molar-refractivity contribution in [3.05, 3.63) is 114 Å². The lowest BCUT2D eigenvalue weighted by atomic mass is 10.0. The molecule has 5 rings (SSSR count). The first kappa shape index (κ1) is 21.4. The lowest BCUT2D eigenvalue weighted by Gasteiger charge is -2.16. The van der Waals surface area contributed by atoms with Crippen LogP contribution in [0.2, 0.25) is 0 Å². The summed E-state index contributed by atoms with van der Waals surface area (Å²) in [4.78, 5) is 28.2. The Kier molecular flexibility index (Phi) is 5.55. The third-order valence-corrected chi connectivity index (χ3v) is 5.85. The molecule has 0 spiro atoms. The van der Waals surface area contributed by atoms with Crippen molar-refractivity contribution in [1.29, 1.82) is 0 Å². The highest BCUT2D eigenvalue weighted by atomic mass is 19.1. The quantitative estimate of drug-likeness (QED) is 0.399. The summed E-state index contributed by atoms with van der Waals surface area (Å²) in [6.45, 7) is 0.104. The largest absolute Gasteiger partial charge is 0.497 e. The fourth-order valence-electron chi connectivity index (χ4n) is 4.10. The monoisotopic (exact) mass is 452 g/mol. The molecule has 1 aliphatic heterocycles. The highest BCUT2D eigenvalue weighted by Gasteiger charge is 2.39. The predicted octanol–water partition coefficient (Wildman–Crippen LogP) is 5.38. The molecule has 0 saturated carbocycles. The molecule has 0 fully saturated rings. The number of anilines is 1. The number of carbonyl (C=O) groups excluding carboxylic acids is 2. The second kappa shape index (κ2) is 8.83. The van der Waals surface area contributed by atoms with Crippen LogP contribution in [0.25, 0.3) is 16.3 Å². The van der Waals surface area contributed by atoms with Gasteiger partial charge in [-0.2, -0.15) is 0 Å². The number of ether oxygens (including phenoxy) is 1. The zero-order valence-corrected chi connectivity index (χ0v) is 18.4. The number of imide groups is 1.